The Labute approximate surface area is 111 Å². The molecule has 0 bridgehead atoms. The first-order valence-electron chi connectivity index (χ1n) is 5.90. The summed E-state index contributed by atoms with van der Waals surface area (Å²) in [5.74, 6) is -0.221. The first-order valence-corrected chi connectivity index (χ1v) is 7.55. The van der Waals surface area contributed by atoms with E-state index in [0.717, 1.165) is 6.42 Å². The number of anilines is 1. The molecule has 0 amide bonds. The van der Waals surface area contributed by atoms with Gasteiger partial charge in [0.25, 0.3) is 0 Å². The van der Waals surface area contributed by atoms with Crippen molar-refractivity contribution in [3.05, 3.63) is 23.8 Å². The van der Waals surface area contributed by atoms with Gasteiger partial charge < -0.3 is 4.74 Å². The predicted octanol–water partition coefficient (Wildman–Crippen LogP) is 3.14. The number of unbranched alkanes of at least 4 members (excludes halogenated alkanes) is 1. The van der Waals surface area contributed by atoms with E-state index in [2.05, 4.69) is 9.46 Å². The molecule has 0 atom stereocenters. The monoisotopic (exact) mass is 293 g/mol. The normalized spacial score (nSPS) is 11.6. The van der Waals surface area contributed by atoms with E-state index in [0.29, 0.717) is 12.0 Å². The predicted molar refractivity (Wildman–Crippen MR) is 70.1 cm³/mol. The molecule has 0 unspecified atom stereocenters. The van der Waals surface area contributed by atoms with Gasteiger partial charge in [-0.3, -0.25) is 4.72 Å². The third-order valence-corrected chi connectivity index (χ3v) is 3.74. The second kappa shape index (κ2) is 6.70. The highest BCUT2D eigenvalue weighted by Crippen LogP contribution is 2.28. The van der Waals surface area contributed by atoms with E-state index in [4.69, 9.17) is 0 Å². The molecule has 0 fully saturated rings. The van der Waals surface area contributed by atoms with Gasteiger partial charge in [0, 0.05) is 0 Å². The fraction of sp³-hybridized carbons (Fsp3) is 0.500. The third-order valence-electron chi connectivity index (χ3n) is 2.39. The minimum atomic E-state index is -3.54. The van der Waals surface area contributed by atoms with Crippen molar-refractivity contribution in [3.63, 3.8) is 0 Å². The largest absolute Gasteiger partial charge is 0.433 e. The molecular formula is C12H17F2NO3S. The van der Waals surface area contributed by atoms with Crippen molar-refractivity contribution < 1.29 is 21.9 Å². The molecule has 0 radical (unpaired) electrons. The molecule has 0 aromatic heterocycles. The van der Waals surface area contributed by atoms with E-state index in [1.165, 1.54) is 12.1 Å². The molecule has 1 aromatic rings. The summed E-state index contributed by atoms with van der Waals surface area (Å²) in [7, 11) is -3.54. The molecule has 0 spiro atoms. The van der Waals surface area contributed by atoms with Crippen molar-refractivity contribution in [2.45, 2.75) is 33.3 Å². The maximum Gasteiger partial charge on any atom is 0.387 e. The molecule has 7 heteroatoms. The van der Waals surface area contributed by atoms with Gasteiger partial charge in [-0.25, -0.2) is 8.42 Å². The van der Waals surface area contributed by atoms with Crippen LogP contribution in [0.1, 0.15) is 25.3 Å². The summed E-state index contributed by atoms with van der Waals surface area (Å²) in [6, 6.07) is 4.40. The van der Waals surface area contributed by atoms with E-state index >= 15 is 0 Å². The van der Waals surface area contributed by atoms with Crippen LogP contribution in [-0.4, -0.2) is 20.8 Å². The van der Waals surface area contributed by atoms with E-state index in [-0.39, 0.29) is 17.2 Å². The first-order chi connectivity index (χ1) is 8.84. The van der Waals surface area contributed by atoms with E-state index in [1.54, 1.807) is 13.0 Å². The van der Waals surface area contributed by atoms with E-state index < -0.39 is 16.6 Å². The number of benzene rings is 1. The number of alkyl halides is 2. The highest BCUT2D eigenvalue weighted by molar-refractivity contribution is 7.92. The summed E-state index contributed by atoms with van der Waals surface area (Å²) in [6.07, 6.45) is 1.24. The van der Waals surface area contributed by atoms with Gasteiger partial charge in [0.15, 0.2) is 0 Å². The van der Waals surface area contributed by atoms with Crippen LogP contribution >= 0.6 is 0 Å². The zero-order valence-electron chi connectivity index (χ0n) is 10.8. The molecule has 1 rings (SSSR count). The van der Waals surface area contributed by atoms with Crippen LogP contribution in [0.5, 0.6) is 5.75 Å². The number of hydrogen-bond acceptors (Lipinski definition) is 3. The van der Waals surface area contributed by atoms with Crippen LogP contribution in [-0.2, 0) is 10.0 Å². The lowest BCUT2D eigenvalue weighted by molar-refractivity contribution is -0.0493. The zero-order valence-corrected chi connectivity index (χ0v) is 11.6. The molecule has 0 aliphatic carbocycles. The molecule has 0 saturated carbocycles. The average molecular weight is 293 g/mol. The second-order valence-corrected chi connectivity index (χ2v) is 5.99. The summed E-state index contributed by atoms with van der Waals surface area (Å²) in [5.41, 5.74) is 0.731. The second-order valence-electron chi connectivity index (χ2n) is 4.15. The van der Waals surface area contributed by atoms with Gasteiger partial charge >= 0.3 is 6.61 Å². The van der Waals surface area contributed by atoms with Crippen molar-refractivity contribution in [2.24, 2.45) is 0 Å². The molecule has 0 saturated heterocycles. The van der Waals surface area contributed by atoms with E-state index in [9.17, 15) is 17.2 Å². The van der Waals surface area contributed by atoms with Crippen LogP contribution in [0.3, 0.4) is 0 Å². The first kappa shape index (κ1) is 15.7. The summed E-state index contributed by atoms with van der Waals surface area (Å²) >= 11 is 0. The topological polar surface area (TPSA) is 55.4 Å². The molecule has 0 heterocycles. The fourth-order valence-electron chi connectivity index (χ4n) is 1.46. The Hall–Kier alpha value is -1.37. The highest BCUT2D eigenvalue weighted by atomic mass is 32.2. The number of ether oxygens (including phenoxy) is 1. The van der Waals surface area contributed by atoms with Crippen LogP contribution in [0, 0.1) is 6.92 Å². The number of sulfonamides is 1. The molecule has 108 valence electrons. The van der Waals surface area contributed by atoms with Gasteiger partial charge in [-0.05, 0) is 31.0 Å². The molecule has 4 nitrogen and oxygen atoms in total. The van der Waals surface area contributed by atoms with Crippen LogP contribution in [0.2, 0.25) is 0 Å². The maximum absolute atomic E-state index is 12.3. The molecular weight excluding hydrogens is 276 g/mol. The van der Waals surface area contributed by atoms with Crippen LogP contribution < -0.4 is 9.46 Å². The Morgan fingerprint density at radius 2 is 2.05 bits per heavy atom. The minimum Gasteiger partial charge on any atom is -0.433 e. The number of nitrogens with one attached hydrogen (secondary N) is 1. The van der Waals surface area contributed by atoms with Crippen LogP contribution in [0.4, 0.5) is 14.5 Å². The smallest absolute Gasteiger partial charge is 0.387 e. The minimum absolute atomic E-state index is 0.0296. The Bertz CT molecular complexity index is 518. The zero-order chi connectivity index (χ0) is 14.5. The SMILES string of the molecule is CCCCS(=O)(=O)Nc1ccc(C)cc1OC(F)F. The van der Waals surface area contributed by atoms with Crippen LogP contribution in [0.15, 0.2) is 18.2 Å². The average Bonchev–Trinajstić information content (AvgIpc) is 2.29. The maximum atomic E-state index is 12.3. The Morgan fingerprint density at radius 3 is 2.63 bits per heavy atom. The van der Waals surface area contributed by atoms with Gasteiger partial charge in [0.2, 0.25) is 10.0 Å². The lowest BCUT2D eigenvalue weighted by atomic mass is 10.2. The van der Waals surface area contributed by atoms with Gasteiger partial charge in [-0.2, -0.15) is 8.78 Å². The quantitative estimate of drug-likeness (QED) is 0.840. The number of halogens is 2. The number of hydrogen-bond donors (Lipinski definition) is 1. The standard InChI is InChI=1S/C12H17F2NO3S/c1-3-4-7-19(16,17)15-10-6-5-9(2)8-11(10)18-12(13)14/h5-6,8,12,15H,3-4,7H2,1-2H3. The highest BCUT2D eigenvalue weighted by Gasteiger charge is 2.15. The van der Waals surface area contributed by atoms with Gasteiger partial charge in [-0.1, -0.05) is 19.4 Å². The van der Waals surface area contributed by atoms with Crippen molar-refractivity contribution in [3.8, 4) is 5.75 Å². The summed E-state index contributed by atoms with van der Waals surface area (Å²) in [5, 5.41) is 0. The summed E-state index contributed by atoms with van der Waals surface area (Å²) in [4.78, 5) is 0. The lowest BCUT2D eigenvalue weighted by Crippen LogP contribution is -2.17. The van der Waals surface area contributed by atoms with Gasteiger partial charge in [-0.15, -0.1) is 0 Å². The molecule has 1 N–H and O–H groups in total. The van der Waals surface area contributed by atoms with E-state index in [1.807, 2.05) is 6.92 Å². The molecule has 0 aliphatic rings. The Morgan fingerprint density at radius 1 is 1.37 bits per heavy atom. The summed E-state index contributed by atoms with van der Waals surface area (Å²) in [6.45, 7) is 0.571. The van der Waals surface area contributed by atoms with Gasteiger partial charge in [0.05, 0.1) is 11.4 Å². The van der Waals surface area contributed by atoms with Gasteiger partial charge in [0.1, 0.15) is 5.75 Å². The summed E-state index contributed by atoms with van der Waals surface area (Å²) < 4.78 is 54.6. The van der Waals surface area contributed by atoms with Crippen molar-refractivity contribution in [1.82, 2.24) is 0 Å². The molecule has 0 aliphatic heterocycles. The number of aryl methyl sites for hydroxylation is 1. The molecule has 1 aromatic carbocycles. The van der Waals surface area contributed by atoms with Crippen molar-refractivity contribution in [1.29, 1.82) is 0 Å². The van der Waals surface area contributed by atoms with Crippen LogP contribution in [0.25, 0.3) is 0 Å². The Balaban J connectivity index is 2.93. The lowest BCUT2D eigenvalue weighted by Gasteiger charge is -2.13. The third kappa shape index (κ3) is 5.42. The number of rotatable bonds is 7. The van der Waals surface area contributed by atoms with Crippen molar-refractivity contribution in [2.75, 3.05) is 10.5 Å². The van der Waals surface area contributed by atoms with Crippen molar-refractivity contribution >= 4 is 15.7 Å². The fourth-order valence-corrected chi connectivity index (χ4v) is 2.73. The Kier molecular flexibility index (Phi) is 5.53. The molecule has 19 heavy (non-hydrogen) atoms.